The normalized spacial score (nSPS) is 12.4. The van der Waals surface area contributed by atoms with Crippen molar-refractivity contribution in [3.05, 3.63) is 46.5 Å². The minimum absolute atomic E-state index is 0.163. The summed E-state index contributed by atoms with van der Waals surface area (Å²) in [6, 6.07) is 6.26. The average molecular weight is 352 g/mol. The van der Waals surface area contributed by atoms with Crippen molar-refractivity contribution in [2.45, 2.75) is 32.2 Å². The predicted octanol–water partition coefficient (Wildman–Crippen LogP) is 3.08. The molecular weight excluding hydrogens is 330 g/mol. The highest BCUT2D eigenvalue weighted by Gasteiger charge is 2.11. The van der Waals surface area contributed by atoms with Crippen LogP contribution >= 0.6 is 15.9 Å². The van der Waals surface area contributed by atoms with Crippen LogP contribution < -0.4 is 10.5 Å². The van der Waals surface area contributed by atoms with Crippen molar-refractivity contribution in [1.82, 2.24) is 9.55 Å². The number of imidazole rings is 1. The second-order valence-corrected chi connectivity index (χ2v) is 6.01. The summed E-state index contributed by atoms with van der Waals surface area (Å²) in [6.07, 6.45) is 6.32. The van der Waals surface area contributed by atoms with Crippen molar-refractivity contribution in [2.24, 2.45) is 12.8 Å². The maximum absolute atomic E-state index is 6.07. The molecule has 1 heterocycles. The molecule has 1 atom stereocenters. The van der Waals surface area contributed by atoms with Crippen LogP contribution in [0.4, 0.5) is 0 Å². The molecule has 2 rings (SSSR count). The van der Waals surface area contributed by atoms with Gasteiger partial charge < -0.3 is 15.0 Å². The highest BCUT2D eigenvalue weighted by Crippen LogP contribution is 2.30. The Kier molecular flexibility index (Phi) is 5.82. The molecule has 114 valence electrons. The van der Waals surface area contributed by atoms with Gasteiger partial charge in [0.2, 0.25) is 0 Å². The summed E-state index contributed by atoms with van der Waals surface area (Å²) in [4.78, 5) is 4.30. The molecule has 0 spiro atoms. The summed E-state index contributed by atoms with van der Waals surface area (Å²) in [6.45, 7) is 2.70. The lowest BCUT2D eigenvalue weighted by Crippen LogP contribution is -2.22. The first kappa shape index (κ1) is 16.0. The molecule has 21 heavy (non-hydrogen) atoms. The van der Waals surface area contributed by atoms with Gasteiger partial charge in [-0.2, -0.15) is 0 Å². The summed E-state index contributed by atoms with van der Waals surface area (Å²) >= 11 is 3.57. The van der Waals surface area contributed by atoms with Gasteiger partial charge in [0.1, 0.15) is 11.6 Å². The highest BCUT2D eigenvalue weighted by atomic mass is 79.9. The third-order valence-electron chi connectivity index (χ3n) is 3.55. The summed E-state index contributed by atoms with van der Waals surface area (Å²) in [5.74, 6) is 1.92. The van der Waals surface area contributed by atoms with Crippen LogP contribution in [0, 0.1) is 0 Å². The second kappa shape index (κ2) is 7.61. The van der Waals surface area contributed by atoms with Gasteiger partial charge in [0.15, 0.2) is 0 Å². The molecule has 0 aliphatic heterocycles. The molecule has 0 bridgehead atoms. The number of ether oxygens (including phenoxy) is 1. The Hall–Kier alpha value is -1.33. The van der Waals surface area contributed by atoms with Gasteiger partial charge in [-0.3, -0.25) is 0 Å². The number of halogens is 1. The van der Waals surface area contributed by atoms with Crippen molar-refractivity contribution in [3.63, 3.8) is 0 Å². The third-order valence-corrected chi connectivity index (χ3v) is 4.17. The molecule has 0 fully saturated rings. The van der Waals surface area contributed by atoms with Gasteiger partial charge in [-0.15, -0.1) is 0 Å². The number of para-hydroxylation sites is 1. The lowest BCUT2D eigenvalue weighted by atomic mass is 10.0. The molecule has 5 heteroatoms. The fourth-order valence-electron chi connectivity index (χ4n) is 2.18. The highest BCUT2D eigenvalue weighted by molar-refractivity contribution is 9.10. The van der Waals surface area contributed by atoms with Gasteiger partial charge in [0.05, 0.1) is 11.1 Å². The average Bonchev–Trinajstić information content (AvgIpc) is 2.87. The number of aromatic nitrogens is 2. The van der Waals surface area contributed by atoms with E-state index in [4.69, 9.17) is 10.5 Å². The largest absolute Gasteiger partial charge is 0.492 e. The molecule has 0 saturated heterocycles. The standard InChI is InChI=1S/C16H22BrN3O/c1-3-13(18)11-12-5-4-6-14(17)16(12)21-10-7-15-19-8-9-20(15)2/h4-6,8-9,13H,3,7,10-11,18H2,1-2H3. The molecule has 0 aliphatic carbocycles. The Morgan fingerprint density at radius 1 is 1.43 bits per heavy atom. The fraction of sp³-hybridized carbons (Fsp3) is 0.438. The first-order valence-corrected chi connectivity index (χ1v) is 8.03. The predicted molar refractivity (Wildman–Crippen MR) is 88.5 cm³/mol. The molecule has 4 nitrogen and oxygen atoms in total. The molecule has 0 saturated carbocycles. The van der Waals surface area contributed by atoms with Gasteiger partial charge in [-0.05, 0) is 40.4 Å². The third kappa shape index (κ3) is 4.32. The second-order valence-electron chi connectivity index (χ2n) is 5.15. The zero-order chi connectivity index (χ0) is 15.2. The van der Waals surface area contributed by atoms with E-state index < -0.39 is 0 Å². The van der Waals surface area contributed by atoms with E-state index in [1.807, 2.05) is 29.9 Å². The van der Waals surface area contributed by atoms with Gasteiger partial charge in [-0.1, -0.05) is 19.1 Å². The van der Waals surface area contributed by atoms with Crippen LogP contribution in [-0.2, 0) is 19.9 Å². The summed E-state index contributed by atoms with van der Waals surface area (Å²) in [7, 11) is 1.99. The van der Waals surface area contributed by atoms with E-state index in [2.05, 4.69) is 33.9 Å². The smallest absolute Gasteiger partial charge is 0.136 e. The monoisotopic (exact) mass is 351 g/mol. The topological polar surface area (TPSA) is 53.1 Å². The minimum atomic E-state index is 0.163. The lowest BCUT2D eigenvalue weighted by molar-refractivity contribution is 0.311. The van der Waals surface area contributed by atoms with E-state index in [1.165, 1.54) is 0 Å². The molecule has 0 aliphatic rings. The van der Waals surface area contributed by atoms with Gasteiger partial charge in [0.25, 0.3) is 0 Å². The number of hydrogen-bond acceptors (Lipinski definition) is 3. The molecule has 0 radical (unpaired) electrons. The number of nitrogens with two attached hydrogens (primary N) is 1. The SMILES string of the molecule is CCC(N)Cc1cccc(Br)c1OCCc1nccn1C. The fourth-order valence-corrected chi connectivity index (χ4v) is 2.71. The Morgan fingerprint density at radius 3 is 2.90 bits per heavy atom. The first-order valence-electron chi connectivity index (χ1n) is 7.23. The van der Waals surface area contributed by atoms with Crippen LogP contribution in [-0.4, -0.2) is 22.2 Å². The van der Waals surface area contributed by atoms with Gasteiger partial charge in [-0.25, -0.2) is 4.98 Å². The van der Waals surface area contributed by atoms with Crippen molar-refractivity contribution >= 4 is 15.9 Å². The lowest BCUT2D eigenvalue weighted by Gasteiger charge is -2.16. The zero-order valence-corrected chi connectivity index (χ0v) is 14.1. The number of hydrogen-bond donors (Lipinski definition) is 1. The van der Waals surface area contributed by atoms with Crippen LogP contribution in [0.3, 0.4) is 0 Å². The Balaban J connectivity index is 2.03. The molecule has 2 aromatic rings. The van der Waals surface area contributed by atoms with Crippen molar-refractivity contribution < 1.29 is 4.74 Å². The van der Waals surface area contributed by atoms with Gasteiger partial charge >= 0.3 is 0 Å². The molecule has 1 aromatic heterocycles. The number of rotatable bonds is 7. The van der Waals surface area contributed by atoms with Crippen molar-refractivity contribution in [3.8, 4) is 5.75 Å². The molecule has 1 aromatic carbocycles. The van der Waals surface area contributed by atoms with E-state index >= 15 is 0 Å². The van der Waals surface area contributed by atoms with Crippen LogP contribution in [0.25, 0.3) is 0 Å². The zero-order valence-electron chi connectivity index (χ0n) is 12.6. The minimum Gasteiger partial charge on any atom is -0.492 e. The van der Waals surface area contributed by atoms with Crippen LogP contribution in [0.1, 0.15) is 24.7 Å². The van der Waals surface area contributed by atoms with E-state index in [0.29, 0.717) is 6.61 Å². The van der Waals surface area contributed by atoms with E-state index in [0.717, 1.165) is 40.9 Å². The first-order chi connectivity index (χ1) is 10.1. The summed E-state index contributed by atoms with van der Waals surface area (Å²) in [5, 5.41) is 0. The molecule has 1 unspecified atom stereocenters. The molecule has 2 N–H and O–H groups in total. The maximum atomic E-state index is 6.07. The van der Waals surface area contributed by atoms with E-state index in [-0.39, 0.29) is 6.04 Å². The van der Waals surface area contributed by atoms with Crippen LogP contribution in [0.15, 0.2) is 35.1 Å². The van der Waals surface area contributed by atoms with E-state index in [9.17, 15) is 0 Å². The Labute approximate surface area is 134 Å². The maximum Gasteiger partial charge on any atom is 0.136 e. The quantitative estimate of drug-likeness (QED) is 0.833. The molecule has 0 amide bonds. The number of aryl methyl sites for hydroxylation is 1. The van der Waals surface area contributed by atoms with Crippen LogP contribution in [0.2, 0.25) is 0 Å². The summed E-state index contributed by atoms with van der Waals surface area (Å²) in [5.41, 5.74) is 7.22. The number of benzene rings is 1. The molecular formula is C16H22BrN3O. The van der Waals surface area contributed by atoms with E-state index in [1.54, 1.807) is 6.20 Å². The van der Waals surface area contributed by atoms with Crippen molar-refractivity contribution in [1.29, 1.82) is 0 Å². The Morgan fingerprint density at radius 2 is 2.24 bits per heavy atom. The van der Waals surface area contributed by atoms with Gasteiger partial charge in [0, 0.05) is 31.9 Å². The van der Waals surface area contributed by atoms with Crippen molar-refractivity contribution in [2.75, 3.05) is 6.61 Å². The summed E-state index contributed by atoms with van der Waals surface area (Å²) < 4.78 is 8.97. The number of nitrogens with zero attached hydrogens (tertiary/aromatic N) is 2. The van der Waals surface area contributed by atoms with Crippen LogP contribution in [0.5, 0.6) is 5.75 Å². The Bertz CT molecular complexity index is 583.